The maximum absolute atomic E-state index is 10.1. The summed E-state index contributed by atoms with van der Waals surface area (Å²) in [7, 11) is 0. The summed E-state index contributed by atoms with van der Waals surface area (Å²) < 4.78 is 6.29. The number of nitrogens with zero attached hydrogens (tertiary/aromatic N) is 3. The fourth-order valence-electron chi connectivity index (χ4n) is 4.62. The molecule has 0 aromatic carbocycles. The van der Waals surface area contributed by atoms with Gasteiger partial charge in [0, 0.05) is 36.1 Å². The lowest BCUT2D eigenvalue weighted by atomic mass is 9.83. The van der Waals surface area contributed by atoms with Crippen LogP contribution in [0.3, 0.4) is 0 Å². The molecule has 4 rings (SSSR count). The molecule has 2 N–H and O–H groups in total. The third-order valence-electron chi connectivity index (χ3n) is 6.06. The van der Waals surface area contributed by atoms with Crippen LogP contribution < -0.4 is 5.32 Å². The number of halogens is 1. The highest BCUT2D eigenvalue weighted by Gasteiger charge is 2.38. The molecule has 2 aromatic rings. The largest absolute Gasteiger partial charge is 0.444 e. The minimum atomic E-state index is -0.586. The fraction of sp³-hybridized carbons (Fsp3) is 0.652. The Balaban J connectivity index is 0.00000124. The summed E-state index contributed by atoms with van der Waals surface area (Å²) in [6.45, 7) is 8.98. The van der Waals surface area contributed by atoms with E-state index in [9.17, 15) is 5.11 Å². The molecule has 2 aliphatic rings. The molecule has 2 fully saturated rings. The predicted molar refractivity (Wildman–Crippen MR) is 123 cm³/mol. The molecule has 1 aliphatic heterocycles. The zero-order valence-electron chi connectivity index (χ0n) is 18.4. The lowest BCUT2D eigenvalue weighted by Crippen LogP contribution is -2.56. The van der Waals surface area contributed by atoms with Crippen molar-refractivity contribution in [1.82, 2.24) is 9.88 Å². The standard InChI is InChI=1S/C21H27BrN4O2.C2H6/c1-21(2,27)10-15-7-8-26(15)14-5-3-13(4-6-14)25-20-19(22)17-9-16(11-23)28-18(17)12-24-20;1-2/h9,12-15,27H,3-8,10H2,1-2H3,(H,24,25);1-2H3. The summed E-state index contributed by atoms with van der Waals surface area (Å²) in [5.41, 5.74) is 0.0327. The average Bonchev–Trinajstić information content (AvgIpc) is 3.14. The molecule has 0 radical (unpaired) electrons. The first-order chi connectivity index (χ1) is 14.3. The number of pyridine rings is 1. The van der Waals surface area contributed by atoms with Crippen LogP contribution in [0.5, 0.6) is 0 Å². The number of rotatable bonds is 5. The van der Waals surface area contributed by atoms with Gasteiger partial charge in [-0.05, 0) is 68.3 Å². The van der Waals surface area contributed by atoms with Crippen molar-refractivity contribution in [2.45, 2.75) is 89.9 Å². The normalized spacial score (nSPS) is 24.5. The molecule has 1 atom stereocenters. The van der Waals surface area contributed by atoms with Gasteiger partial charge < -0.3 is 14.8 Å². The van der Waals surface area contributed by atoms with Gasteiger partial charge in [0.1, 0.15) is 11.9 Å². The zero-order chi connectivity index (χ0) is 21.9. The van der Waals surface area contributed by atoms with Crippen LogP contribution in [0, 0.1) is 11.3 Å². The number of aliphatic hydroxyl groups is 1. The highest BCUT2D eigenvalue weighted by Crippen LogP contribution is 2.36. The van der Waals surface area contributed by atoms with Gasteiger partial charge in [0.25, 0.3) is 0 Å². The lowest BCUT2D eigenvalue weighted by molar-refractivity contribution is -0.0327. The molecule has 30 heavy (non-hydrogen) atoms. The molecule has 1 saturated carbocycles. The SMILES string of the molecule is CC.CC(C)(O)CC1CCN1C1CCC(Nc2ncc3oc(C#N)cc3c2Br)CC1. The summed E-state index contributed by atoms with van der Waals surface area (Å²) in [6.07, 6.45) is 8.30. The predicted octanol–water partition coefficient (Wildman–Crippen LogP) is 5.45. The van der Waals surface area contributed by atoms with Gasteiger partial charge in [-0.1, -0.05) is 13.8 Å². The first-order valence-corrected chi connectivity index (χ1v) is 11.9. The van der Waals surface area contributed by atoms with E-state index in [1.807, 2.05) is 33.8 Å². The molecule has 0 bridgehead atoms. The summed E-state index contributed by atoms with van der Waals surface area (Å²) in [5.74, 6) is 1.11. The Morgan fingerprint density at radius 3 is 2.57 bits per heavy atom. The number of anilines is 1. The van der Waals surface area contributed by atoms with Crippen molar-refractivity contribution in [3.05, 3.63) is 22.5 Å². The Hall–Kier alpha value is -1.62. The number of hydrogen-bond donors (Lipinski definition) is 2. The number of furan rings is 1. The van der Waals surface area contributed by atoms with Gasteiger partial charge in [-0.2, -0.15) is 5.26 Å². The van der Waals surface area contributed by atoms with Gasteiger partial charge in [0.2, 0.25) is 5.76 Å². The number of nitrogens with one attached hydrogen (secondary N) is 1. The average molecular weight is 477 g/mol. The molecule has 7 heteroatoms. The highest BCUT2D eigenvalue weighted by molar-refractivity contribution is 9.10. The van der Waals surface area contributed by atoms with Crippen LogP contribution in [0.4, 0.5) is 5.82 Å². The summed E-state index contributed by atoms with van der Waals surface area (Å²) in [4.78, 5) is 7.08. The smallest absolute Gasteiger partial charge is 0.204 e. The van der Waals surface area contributed by atoms with Crippen LogP contribution in [0.2, 0.25) is 0 Å². The number of aromatic nitrogens is 1. The molecule has 3 heterocycles. The van der Waals surface area contributed by atoms with Crippen LogP contribution in [0.15, 0.2) is 21.2 Å². The molecular formula is C23H33BrN4O2. The second kappa shape index (κ2) is 9.67. The fourth-order valence-corrected chi connectivity index (χ4v) is 5.14. The van der Waals surface area contributed by atoms with Crippen LogP contribution in [-0.4, -0.2) is 45.3 Å². The minimum absolute atomic E-state index is 0.297. The van der Waals surface area contributed by atoms with Gasteiger partial charge in [0.05, 0.1) is 16.3 Å². The van der Waals surface area contributed by atoms with Gasteiger partial charge in [-0.15, -0.1) is 0 Å². The van der Waals surface area contributed by atoms with Crippen LogP contribution in [0.25, 0.3) is 11.0 Å². The molecule has 1 saturated heterocycles. The molecule has 1 aliphatic carbocycles. The van der Waals surface area contributed by atoms with E-state index in [1.165, 1.54) is 19.3 Å². The van der Waals surface area contributed by atoms with Gasteiger partial charge in [-0.3, -0.25) is 4.90 Å². The molecule has 6 nitrogen and oxygen atoms in total. The maximum Gasteiger partial charge on any atom is 0.204 e. The van der Waals surface area contributed by atoms with E-state index >= 15 is 0 Å². The Bertz CT molecular complexity index is 891. The molecule has 164 valence electrons. The third kappa shape index (κ3) is 5.16. The van der Waals surface area contributed by atoms with E-state index in [-0.39, 0.29) is 0 Å². The van der Waals surface area contributed by atoms with Gasteiger partial charge in [-0.25, -0.2) is 4.98 Å². The second-order valence-electron chi connectivity index (χ2n) is 8.77. The van der Waals surface area contributed by atoms with Crippen LogP contribution >= 0.6 is 15.9 Å². The van der Waals surface area contributed by atoms with Crippen molar-refractivity contribution >= 4 is 32.7 Å². The van der Waals surface area contributed by atoms with E-state index < -0.39 is 5.60 Å². The third-order valence-corrected chi connectivity index (χ3v) is 6.86. The number of likely N-dealkylation sites (tertiary alicyclic amines) is 1. The Labute approximate surface area is 187 Å². The lowest BCUT2D eigenvalue weighted by Gasteiger charge is -2.50. The zero-order valence-corrected chi connectivity index (χ0v) is 20.0. The van der Waals surface area contributed by atoms with Crippen molar-refractivity contribution < 1.29 is 9.52 Å². The summed E-state index contributed by atoms with van der Waals surface area (Å²) in [6, 6.07) is 5.34. The minimum Gasteiger partial charge on any atom is -0.444 e. The van der Waals surface area contributed by atoms with E-state index in [4.69, 9.17) is 9.68 Å². The Morgan fingerprint density at radius 1 is 1.30 bits per heavy atom. The quantitative estimate of drug-likeness (QED) is 0.596. The monoisotopic (exact) mass is 476 g/mol. The topological polar surface area (TPSA) is 85.3 Å². The summed E-state index contributed by atoms with van der Waals surface area (Å²) >= 11 is 3.62. The number of fused-ring (bicyclic) bond motifs is 1. The van der Waals surface area contributed by atoms with Crippen LogP contribution in [0.1, 0.15) is 72.0 Å². The first kappa shape index (κ1) is 23.1. The number of nitriles is 1. The first-order valence-electron chi connectivity index (χ1n) is 11.1. The van der Waals surface area contributed by atoms with Gasteiger partial charge in [0.15, 0.2) is 5.58 Å². The van der Waals surface area contributed by atoms with Crippen molar-refractivity contribution in [2.24, 2.45) is 0 Å². The molecule has 0 amide bonds. The van der Waals surface area contributed by atoms with E-state index in [0.29, 0.717) is 29.5 Å². The Morgan fingerprint density at radius 2 is 2.00 bits per heavy atom. The van der Waals surface area contributed by atoms with Gasteiger partial charge >= 0.3 is 0 Å². The molecular weight excluding hydrogens is 444 g/mol. The second-order valence-corrected chi connectivity index (χ2v) is 9.56. The molecule has 2 aromatic heterocycles. The van der Waals surface area contributed by atoms with Crippen molar-refractivity contribution in [3.8, 4) is 6.07 Å². The van der Waals surface area contributed by atoms with Crippen LogP contribution in [-0.2, 0) is 0 Å². The van der Waals surface area contributed by atoms with Crippen molar-refractivity contribution in [3.63, 3.8) is 0 Å². The maximum atomic E-state index is 10.1. The van der Waals surface area contributed by atoms with Crippen molar-refractivity contribution in [2.75, 3.05) is 11.9 Å². The van der Waals surface area contributed by atoms with Crippen molar-refractivity contribution in [1.29, 1.82) is 5.26 Å². The Kier molecular flexibility index (Phi) is 7.43. The van der Waals surface area contributed by atoms with E-state index in [1.54, 1.807) is 12.3 Å². The number of hydrogen-bond acceptors (Lipinski definition) is 6. The highest BCUT2D eigenvalue weighted by atomic mass is 79.9. The summed E-state index contributed by atoms with van der Waals surface area (Å²) in [5, 5.41) is 23.6. The van der Waals surface area contributed by atoms with E-state index in [2.05, 4.69) is 31.1 Å². The van der Waals surface area contributed by atoms with E-state index in [0.717, 1.165) is 41.5 Å². The molecule has 0 spiro atoms. The molecule has 1 unspecified atom stereocenters.